The lowest BCUT2D eigenvalue weighted by atomic mass is 10.2. The van der Waals surface area contributed by atoms with E-state index in [1.807, 2.05) is 0 Å². The van der Waals surface area contributed by atoms with Crippen LogP contribution in [0.1, 0.15) is 6.42 Å². The number of amides is 1. The first-order chi connectivity index (χ1) is 5.54. The van der Waals surface area contributed by atoms with Gasteiger partial charge in [0.05, 0.1) is 5.57 Å². The van der Waals surface area contributed by atoms with E-state index >= 15 is 0 Å². The molecule has 1 aliphatic heterocycles. The Morgan fingerprint density at radius 2 is 2.08 bits per heavy atom. The fraction of sp³-hybridized carbons (Fsp3) is 0.429. The Morgan fingerprint density at radius 3 is 2.42 bits per heavy atom. The largest absolute Gasteiger partial charge is 0.501 e. The standard InChI is InChI=1S/C7H9NO4/c1-8-3-2-4(6(8)10)5(9)7(11)12/h9H,2-3H2,1H3,(H,11,12). The highest BCUT2D eigenvalue weighted by Gasteiger charge is 2.28. The van der Waals surface area contributed by atoms with E-state index in [0.29, 0.717) is 13.0 Å². The van der Waals surface area contributed by atoms with Crippen molar-refractivity contribution in [1.82, 2.24) is 4.90 Å². The number of rotatable bonds is 1. The molecule has 1 aliphatic rings. The van der Waals surface area contributed by atoms with E-state index in [9.17, 15) is 9.59 Å². The highest BCUT2D eigenvalue weighted by molar-refractivity contribution is 6.02. The third-order valence-corrected chi connectivity index (χ3v) is 1.79. The van der Waals surface area contributed by atoms with Gasteiger partial charge in [0.1, 0.15) is 0 Å². The van der Waals surface area contributed by atoms with Crippen molar-refractivity contribution in [3.63, 3.8) is 0 Å². The molecule has 0 unspecified atom stereocenters. The van der Waals surface area contributed by atoms with Crippen molar-refractivity contribution in [1.29, 1.82) is 0 Å². The molecule has 0 bridgehead atoms. The van der Waals surface area contributed by atoms with Crippen LogP contribution in [0.3, 0.4) is 0 Å². The molecular formula is C7H9NO4. The summed E-state index contributed by atoms with van der Waals surface area (Å²) in [5.41, 5.74) is -0.00926. The van der Waals surface area contributed by atoms with Gasteiger partial charge in [0.15, 0.2) is 0 Å². The minimum Gasteiger partial charge on any atom is -0.501 e. The minimum absolute atomic E-state index is 0.00926. The smallest absolute Gasteiger partial charge is 0.371 e. The van der Waals surface area contributed by atoms with E-state index in [1.54, 1.807) is 7.05 Å². The molecule has 0 aromatic rings. The Bertz CT molecular complexity index is 269. The molecule has 5 nitrogen and oxygen atoms in total. The van der Waals surface area contributed by atoms with Gasteiger partial charge in [-0.1, -0.05) is 0 Å². The lowest BCUT2D eigenvalue weighted by Gasteiger charge is -2.04. The van der Waals surface area contributed by atoms with E-state index < -0.39 is 17.6 Å². The molecule has 0 atom stereocenters. The second-order valence-corrected chi connectivity index (χ2v) is 2.61. The summed E-state index contributed by atoms with van der Waals surface area (Å²) < 4.78 is 0. The highest BCUT2D eigenvalue weighted by atomic mass is 16.4. The summed E-state index contributed by atoms with van der Waals surface area (Å²) in [6.45, 7) is 0.464. The number of aliphatic hydroxyl groups excluding tert-OH is 1. The molecule has 66 valence electrons. The van der Waals surface area contributed by atoms with Gasteiger partial charge in [-0.2, -0.15) is 0 Å². The summed E-state index contributed by atoms with van der Waals surface area (Å²) >= 11 is 0. The van der Waals surface area contributed by atoms with Crippen LogP contribution in [0.5, 0.6) is 0 Å². The minimum atomic E-state index is -1.45. The number of carbonyl (C=O) groups is 2. The molecule has 1 amide bonds. The molecule has 12 heavy (non-hydrogen) atoms. The van der Waals surface area contributed by atoms with Crippen molar-refractivity contribution in [3.05, 3.63) is 11.3 Å². The van der Waals surface area contributed by atoms with Gasteiger partial charge < -0.3 is 15.1 Å². The number of aliphatic hydroxyl groups is 1. The molecule has 1 heterocycles. The topological polar surface area (TPSA) is 77.8 Å². The summed E-state index contributed by atoms with van der Waals surface area (Å²) in [6, 6.07) is 0. The van der Waals surface area contributed by atoms with Crippen molar-refractivity contribution in [3.8, 4) is 0 Å². The van der Waals surface area contributed by atoms with Crippen LogP contribution < -0.4 is 0 Å². The van der Waals surface area contributed by atoms with Crippen LogP contribution in [0.4, 0.5) is 0 Å². The zero-order valence-corrected chi connectivity index (χ0v) is 6.57. The zero-order chi connectivity index (χ0) is 9.30. The first-order valence-corrected chi connectivity index (χ1v) is 3.45. The van der Waals surface area contributed by atoms with Crippen LogP contribution >= 0.6 is 0 Å². The Balaban J connectivity index is 2.97. The number of likely N-dealkylation sites (N-methyl/N-ethyl adjacent to an activating group) is 1. The SMILES string of the molecule is CN1CCC(=C(O)C(=O)O)C1=O. The van der Waals surface area contributed by atoms with E-state index in [4.69, 9.17) is 10.2 Å². The summed E-state index contributed by atoms with van der Waals surface area (Å²) in [4.78, 5) is 22.7. The van der Waals surface area contributed by atoms with Crippen LogP contribution in [0.15, 0.2) is 11.3 Å². The van der Waals surface area contributed by atoms with Gasteiger partial charge in [-0.05, 0) is 6.42 Å². The molecule has 0 aromatic carbocycles. The van der Waals surface area contributed by atoms with Gasteiger partial charge in [-0.15, -0.1) is 0 Å². The predicted octanol–water partition coefficient (Wildman–Crippen LogP) is -0.255. The van der Waals surface area contributed by atoms with Crippen molar-refractivity contribution in [2.24, 2.45) is 0 Å². The second kappa shape index (κ2) is 2.84. The molecule has 1 saturated heterocycles. The third kappa shape index (κ3) is 1.25. The van der Waals surface area contributed by atoms with Gasteiger partial charge in [-0.3, -0.25) is 4.79 Å². The number of carboxylic acids is 1. The number of likely N-dealkylation sites (tertiary alicyclic amines) is 1. The summed E-state index contributed by atoms with van der Waals surface area (Å²) in [5, 5.41) is 17.3. The maximum absolute atomic E-state index is 11.1. The molecule has 0 aliphatic carbocycles. The average molecular weight is 171 g/mol. The summed E-state index contributed by atoms with van der Waals surface area (Å²) in [7, 11) is 1.56. The van der Waals surface area contributed by atoms with E-state index in [2.05, 4.69) is 0 Å². The average Bonchev–Trinajstić information content (AvgIpc) is 2.32. The van der Waals surface area contributed by atoms with Crippen molar-refractivity contribution in [2.45, 2.75) is 6.42 Å². The number of carboxylic acid groups (broad SMARTS) is 1. The van der Waals surface area contributed by atoms with Gasteiger partial charge in [0.25, 0.3) is 5.91 Å². The van der Waals surface area contributed by atoms with Crippen LogP contribution in [0, 0.1) is 0 Å². The number of nitrogens with zero attached hydrogens (tertiary/aromatic N) is 1. The Hall–Kier alpha value is -1.52. The van der Waals surface area contributed by atoms with Crippen LogP contribution in [-0.4, -0.2) is 40.6 Å². The van der Waals surface area contributed by atoms with Crippen molar-refractivity contribution >= 4 is 11.9 Å². The molecule has 0 saturated carbocycles. The number of carbonyl (C=O) groups excluding carboxylic acids is 1. The highest BCUT2D eigenvalue weighted by Crippen LogP contribution is 2.17. The first kappa shape index (κ1) is 8.58. The molecule has 0 spiro atoms. The van der Waals surface area contributed by atoms with E-state index in [-0.39, 0.29) is 5.57 Å². The van der Waals surface area contributed by atoms with E-state index in [0.717, 1.165) is 0 Å². The Labute approximate surface area is 68.9 Å². The van der Waals surface area contributed by atoms with Gasteiger partial charge in [-0.25, -0.2) is 4.79 Å². The predicted molar refractivity (Wildman–Crippen MR) is 39.5 cm³/mol. The normalized spacial score (nSPS) is 21.4. The molecule has 0 aromatic heterocycles. The molecule has 0 radical (unpaired) electrons. The van der Waals surface area contributed by atoms with Gasteiger partial charge in [0.2, 0.25) is 5.76 Å². The Kier molecular flexibility index (Phi) is 2.03. The van der Waals surface area contributed by atoms with Crippen LogP contribution in [0.2, 0.25) is 0 Å². The fourth-order valence-electron chi connectivity index (χ4n) is 1.07. The van der Waals surface area contributed by atoms with Gasteiger partial charge in [0, 0.05) is 13.6 Å². The summed E-state index contributed by atoms with van der Waals surface area (Å²) in [6.07, 6.45) is 0.299. The van der Waals surface area contributed by atoms with Crippen LogP contribution in [-0.2, 0) is 9.59 Å². The molecule has 2 N–H and O–H groups in total. The number of aliphatic carboxylic acids is 1. The maximum atomic E-state index is 11.1. The lowest BCUT2D eigenvalue weighted by molar-refractivity contribution is -0.136. The molecular weight excluding hydrogens is 162 g/mol. The van der Waals surface area contributed by atoms with Crippen molar-refractivity contribution < 1.29 is 19.8 Å². The fourth-order valence-corrected chi connectivity index (χ4v) is 1.07. The Morgan fingerprint density at radius 1 is 1.50 bits per heavy atom. The lowest BCUT2D eigenvalue weighted by Crippen LogP contribution is -2.20. The second-order valence-electron chi connectivity index (χ2n) is 2.61. The molecule has 5 heteroatoms. The monoisotopic (exact) mass is 171 g/mol. The third-order valence-electron chi connectivity index (χ3n) is 1.79. The quantitative estimate of drug-likeness (QED) is 0.421. The van der Waals surface area contributed by atoms with E-state index in [1.165, 1.54) is 4.90 Å². The van der Waals surface area contributed by atoms with Crippen LogP contribution in [0.25, 0.3) is 0 Å². The maximum Gasteiger partial charge on any atom is 0.371 e. The zero-order valence-electron chi connectivity index (χ0n) is 6.57. The van der Waals surface area contributed by atoms with Crippen molar-refractivity contribution in [2.75, 3.05) is 13.6 Å². The number of hydrogen-bond donors (Lipinski definition) is 2. The molecule has 1 rings (SSSR count). The summed E-state index contributed by atoms with van der Waals surface area (Å²) in [5.74, 6) is -2.69. The number of hydrogen-bond acceptors (Lipinski definition) is 3. The van der Waals surface area contributed by atoms with Gasteiger partial charge >= 0.3 is 5.97 Å². The molecule has 1 fully saturated rings. The first-order valence-electron chi connectivity index (χ1n) is 3.45.